The fourth-order valence-electron chi connectivity index (χ4n) is 7.37. The number of pyridine rings is 3. The number of fused-ring (bicyclic) bond motifs is 2. The zero-order chi connectivity index (χ0) is 53.8. The van der Waals surface area contributed by atoms with E-state index in [9.17, 15) is 13.6 Å². The molecule has 6 aromatic heterocycles. The second-order valence-electron chi connectivity index (χ2n) is 18.8. The second kappa shape index (κ2) is 28.4. The molecule has 2 saturated carbocycles. The van der Waals surface area contributed by atoms with Crippen LogP contribution in [0.5, 0.6) is 0 Å². The van der Waals surface area contributed by atoms with Crippen LogP contribution in [0.2, 0.25) is 5.02 Å². The maximum absolute atomic E-state index is 11.1. The first-order valence-corrected chi connectivity index (χ1v) is 25.7. The lowest BCUT2D eigenvalue weighted by molar-refractivity contribution is -0.119. The molecule has 0 bridgehead atoms. The lowest BCUT2D eigenvalue weighted by Gasteiger charge is -2.34. The fourth-order valence-corrected chi connectivity index (χ4v) is 7.54. The van der Waals surface area contributed by atoms with Crippen molar-refractivity contribution in [1.29, 1.82) is 5.41 Å². The number of nitrogens with two attached hydrogens (primary N) is 2. The summed E-state index contributed by atoms with van der Waals surface area (Å²) in [7, 11) is 1.85. The second-order valence-corrected chi connectivity index (χ2v) is 19.2. The minimum Gasteiger partial charge on any atom is -0.391 e. The Balaban J connectivity index is 0.000000183. The number of unbranched alkanes of at least 4 members (excludes halogenated alkanes) is 1. The summed E-state index contributed by atoms with van der Waals surface area (Å²) in [6, 6.07) is 20.4. The Kier molecular flexibility index (Phi) is 22.5. The van der Waals surface area contributed by atoms with Crippen molar-refractivity contribution < 1.29 is 27.5 Å². The molecule has 7 heterocycles. The van der Waals surface area contributed by atoms with Gasteiger partial charge < -0.3 is 29.8 Å². The van der Waals surface area contributed by atoms with Gasteiger partial charge in [0.1, 0.15) is 0 Å². The summed E-state index contributed by atoms with van der Waals surface area (Å²) in [6.45, 7) is 19.3. The van der Waals surface area contributed by atoms with Crippen LogP contribution in [-0.4, -0.2) is 107 Å². The highest BCUT2D eigenvalue weighted by molar-refractivity contribution is 6.30. The highest BCUT2D eigenvalue weighted by Crippen LogP contribution is 2.50. The predicted octanol–water partition coefficient (Wildman–Crippen LogP) is 10.1. The molecule has 0 spiro atoms. The number of halogens is 3. The SMILES string of the molecule is CC.CC1CC1(C)C.CCCCNCC(N)c1noc(-c2cc3cc(Cl)ccn3n2)n1.CCc1noc(CN2CCC(N(C)C=O)CC2)n1.FC1(F)CC1.N=C(ON)c1cc(-c2ccccn2)nc2ccccc12. The summed E-state index contributed by atoms with van der Waals surface area (Å²) in [6.07, 6.45) is 11.1. The summed E-state index contributed by atoms with van der Waals surface area (Å²) in [5.74, 6) is 6.05. The maximum Gasteiger partial charge on any atom is 0.278 e. The van der Waals surface area contributed by atoms with E-state index in [0.717, 1.165) is 92.0 Å². The molecule has 10 rings (SSSR count). The first kappa shape index (κ1) is 58.6. The fraction of sp³-hybridized carbons (Fsp3) is 0.491. The van der Waals surface area contributed by atoms with Crippen molar-refractivity contribution in [3.8, 4) is 23.0 Å². The number of nitrogens with one attached hydrogen (secondary N) is 2. The van der Waals surface area contributed by atoms with Crippen molar-refractivity contribution in [3.63, 3.8) is 0 Å². The molecule has 18 nitrogen and oxygen atoms in total. The van der Waals surface area contributed by atoms with E-state index in [2.05, 4.69) is 78.1 Å². The van der Waals surface area contributed by atoms with Gasteiger partial charge in [0.25, 0.3) is 5.89 Å². The van der Waals surface area contributed by atoms with Crippen LogP contribution < -0.4 is 16.9 Å². The molecule has 21 heteroatoms. The van der Waals surface area contributed by atoms with Gasteiger partial charge in [-0.1, -0.05) is 101 Å². The molecule has 3 aliphatic rings. The molecule has 1 saturated heterocycles. The average Bonchev–Trinajstić information content (AvgIpc) is 3.87. The number of hydrogen-bond donors (Lipinski definition) is 4. The number of likely N-dealkylation sites (tertiary alicyclic amines) is 1. The molecule has 3 fully saturated rings. The first-order chi connectivity index (χ1) is 35.5. The van der Waals surface area contributed by atoms with E-state index in [1.807, 2.05) is 82.4 Å². The van der Waals surface area contributed by atoms with Gasteiger partial charge in [-0.3, -0.25) is 20.1 Å². The number of benzene rings is 1. The lowest BCUT2D eigenvalue weighted by Crippen LogP contribution is -2.42. The summed E-state index contributed by atoms with van der Waals surface area (Å²) in [4.78, 5) is 36.8. The number of aryl methyl sites for hydroxylation is 1. The van der Waals surface area contributed by atoms with Crippen LogP contribution in [0.4, 0.5) is 8.78 Å². The molecule has 1 aliphatic heterocycles. The molecule has 2 atom stereocenters. The molecule has 2 unspecified atom stereocenters. The maximum atomic E-state index is 11.1. The number of hydrogen-bond acceptors (Lipinski definition) is 16. The van der Waals surface area contributed by atoms with Crippen molar-refractivity contribution in [1.82, 2.24) is 55.0 Å². The van der Waals surface area contributed by atoms with E-state index in [4.69, 9.17) is 37.7 Å². The Morgan fingerprint density at radius 2 is 1.69 bits per heavy atom. The van der Waals surface area contributed by atoms with Crippen LogP contribution in [0.15, 0.2) is 88.2 Å². The van der Waals surface area contributed by atoms with Crippen LogP contribution in [0, 0.1) is 16.7 Å². The third kappa shape index (κ3) is 18.0. The number of rotatable bonds is 14. The minimum absolute atomic E-state index is 0.0965. The minimum atomic E-state index is -2.25. The summed E-state index contributed by atoms with van der Waals surface area (Å²) in [5, 5.41) is 24.8. The summed E-state index contributed by atoms with van der Waals surface area (Å²) >= 11 is 5.97. The third-order valence-electron chi connectivity index (χ3n) is 12.6. The molecular weight excluding hydrogens is 970 g/mol. The number of carbonyl (C=O) groups excluding carboxylic acids is 1. The van der Waals surface area contributed by atoms with Gasteiger partial charge in [0.15, 0.2) is 17.3 Å². The van der Waals surface area contributed by atoms with Gasteiger partial charge in [-0.2, -0.15) is 21.0 Å². The average molecular weight is 1040 g/mol. The van der Waals surface area contributed by atoms with Crippen molar-refractivity contribution in [2.75, 3.05) is 33.2 Å². The Morgan fingerprint density at radius 1 is 1.00 bits per heavy atom. The Hall–Kier alpha value is -6.32. The Bertz CT molecular complexity index is 2790. The normalized spacial score (nSPS) is 16.5. The van der Waals surface area contributed by atoms with Gasteiger partial charge in [0.05, 0.1) is 35.0 Å². The highest BCUT2D eigenvalue weighted by Gasteiger charge is 2.43. The van der Waals surface area contributed by atoms with Gasteiger partial charge in [0.2, 0.25) is 24.1 Å². The van der Waals surface area contributed by atoms with Gasteiger partial charge >= 0.3 is 0 Å². The number of amides is 1. The van der Waals surface area contributed by atoms with E-state index in [0.29, 0.717) is 64.1 Å². The van der Waals surface area contributed by atoms with Gasteiger partial charge in [-0.05, 0) is 86.0 Å². The monoisotopic (exact) mass is 1040 g/mol. The Labute approximate surface area is 437 Å². The van der Waals surface area contributed by atoms with Crippen LogP contribution >= 0.6 is 11.6 Å². The quantitative estimate of drug-likeness (QED) is 0.0260. The molecule has 1 amide bonds. The number of para-hydroxylation sites is 1. The van der Waals surface area contributed by atoms with E-state index in [1.54, 1.807) is 33.9 Å². The van der Waals surface area contributed by atoms with E-state index in [1.165, 1.54) is 6.42 Å². The standard InChI is InChI=1S/C15H19ClN6O.C15H12N4O.C12H20N4O2.C6H12.C3H4F2.C2H6/c1-2-3-5-18-9-12(17)14-19-15(23-21-14)13-8-11-7-10(16)4-6-22(11)20-13;16-15(20-17)11-9-14(13-7-3-4-8-18-13)19-12-6-2-1-5-10(11)12;1-3-11-13-12(18-14-11)8-16-6-4-10(5-7-16)15(2)9-17;1-5-4-6(5,2)3;4-3(5)1-2-3;1-2/h4,6-8,12,18H,2-3,5,9,17H2,1H3;1-9,16H,17H2;9-10H,3-8H2,1-2H3;5H,4H2,1-3H3;1-2H2;1-2H3. The van der Waals surface area contributed by atoms with Gasteiger partial charge in [-0.25, -0.2) is 18.3 Å². The number of alkyl halides is 2. The van der Waals surface area contributed by atoms with Crippen molar-refractivity contribution >= 4 is 40.3 Å². The van der Waals surface area contributed by atoms with Gasteiger partial charge in [0, 0.05) is 80.4 Å². The number of piperidine rings is 1. The summed E-state index contributed by atoms with van der Waals surface area (Å²) < 4.78 is 34.4. The van der Waals surface area contributed by atoms with Crippen molar-refractivity contribution in [2.45, 2.75) is 124 Å². The van der Waals surface area contributed by atoms with Crippen molar-refractivity contribution in [2.24, 2.45) is 23.0 Å². The highest BCUT2D eigenvalue weighted by atomic mass is 35.5. The molecular formula is C53H73ClF2N14O4. The predicted molar refractivity (Wildman–Crippen MR) is 284 cm³/mol. The molecule has 74 heavy (non-hydrogen) atoms. The number of carbonyl (C=O) groups is 1. The van der Waals surface area contributed by atoms with E-state index in [-0.39, 0.29) is 24.8 Å². The zero-order valence-electron chi connectivity index (χ0n) is 43.9. The number of aromatic nitrogens is 8. The lowest BCUT2D eigenvalue weighted by atomic mass is 10.0. The van der Waals surface area contributed by atoms with E-state index >= 15 is 0 Å². The molecule has 6 N–H and O–H groups in total. The van der Waals surface area contributed by atoms with Crippen LogP contribution in [0.3, 0.4) is 0 Å². The van der Waals surface area contributed by atoms with Crippen LogP contribution in [-0.2, 0) is 22.6 Å². The first-order valence-electron chi connectivity index (χ1n) is 25.3. The van der Waals surface area contributed by atoms with Crippen LogP contribution in [0.25, 0.3) is 39.4 Å². The molecule has 2 aliphatic carbocycles. The van der Waals surface area contributed by atoms with Crippen LogP contribution in [0.1, 0.15) is 123 Å². The molecule has 0 radical (unpaired) electrons. The van der Waals surface area contributed by atoms with E-state index < -0.39 is 5.92 Å². The topological polar surface area (TPSA) is 242 Å². The third-order valence-corrected chi connectivity index (χ3v) is 12.8. The molecule has 400 valence electrons. The zero-order valence-corrected chi connectivity index (χ0v) is 44.7. The van der Waals surface area contributed by atoms with Gasteiger partial charge in [-0.15, -0.1) is 0 Å². The van der Waals surface area contributed by atoms with Crippen molar-refractivity contribution in [3.05, 3.63) is 107 Å². The Morgan fingerprint density at radius 3 is 2.28 bits per heavy atom. The molecule has 1 aromatic carbocycles. The summed E-state index contributed by atoms with van der Waals surface area (Å²) in [5.41, 5.74) is 11.0. The number of nitrogens with zero attached hydrogens (tertiary/aromatic N) is 10. The molecule has 7 aromatic rings. The smallest absolute Gasteiger partial charge is 0.278 e. The largest absolute Gasteiger partial charge is 0.391 e.